The van der Waals surface area contributed by atoms with Gasteiger partial charge in [0.25, 0.3) is 0 Å². The van der Waals surface area contributed by atoms with Gasteiger partial charge in [0.2, 0.25) is 0 Å². The maximum absolute atomic E-state index is 11.9. The van der Waals surface area contributed by atoms with Gasteiger partial charge in [-0.1, -0.05) is 36.2 Å². The topological polar surface area (TPSA) is 78.4 Å². The summed E-state index contributed by atoms with van der Waals surface area (Å²) in [5, 5.41) is 14.3. The van der Waals surface area contributed by atoms with Crippen LogP contribution in [0.25, 0.3) is 0 Å². The van der Waals surface area contributed by atoms with Crippen molar-refractivity contribution < 1.29 is 14.7 Å². The fourth-order valence-corrected chi connectivity index (χ4v) is 2.23. The predicted molar refractivity (Wildman–Crippen MR) is 81.9 cm³/mol. The van der Waals surface area contributed by atoms with Gasteiger partial charge < -0.3 is 15.7 Å². The number of carboxylic acid groups (broad SMARTS) is 1. The molecule has 0 aromatic heterocycles. The number of hydrogen-bond acceptors (Lipinski definition) is 2. The monoisotopic (exact) mass is 342 g/mol. The normalized spacial score (nSPS) is 13.4. The van der Waals surface area contributed by atoms with Crippen molar-refractivity contribution in [2.24, 2.45) is 5.92 Å². The Morgan fingerprint density at radius 2 is 2.05 bits per heavy atom. The summed E-state index contributed by atoms with van der Waals surface area (Å²) in [5.74, 6) is -1.16. The van der Waals surface area contributed by atoms with Gasteiger partial charge in [0.15, 0.2) is 0 Å². The molecular formula is C14H19BrN2O3. The Morgan fingerprint density at radius 1 is 1.40 bits per heavy atom. The molecule has 0 aliphatic heterocycles. The molecule has 0 fully saturated rings. The first-order chi connectivity index (χ1) is 9.35. The number of rotatable bonds is 5. The highest BCUT2D eigenvalue weighted by Gasteiger charge is 2.25. The van der Waals surface area contributed by atoms with E-state index in [9.17, 15) is 9.59 Å². The van der Waals surface area contributed by atoms with E-state index >= 15 is 0 Å². The van der Waals surface area contributed by atoms with Crippen molar-refractivity contribution in [2.45, 2.75) is 33.2 Å². The number of aryl methyl sites for hydroxylation is 1. The zero-order valence-corrected chi connectivity index (χ0v) is 13.3. The molecule has 110 valence electrons. The van der Waals surface area contributed by atoms with E-state index < -0.39 is 18.0 Å². The quantitative estimate of drug-likeness (QED) is 0.767. The highest BCUT2D eigenvalue weighted by atomic mass is 79.9. The number of amides is 2. The Balaban J connectivity index is 2.73. The first kappa shape index (κ1) is 16.5. The molecule has 0 radical (unpaired) electrons. The average molecular weight is 343 g/mol. The second-order valence-corrected chi connectivity index (χ2v) is 5.67. The maximum atomic E-state index is 11.9. The molecule has 0 aliphatic carbocycles. The molecule has 2 atom stereocenters. The third-order valence-electron chi connectivity index (χ3n) is 3.20. The number of anilines is 1. The van der Waals surface area contributed by atoms with Crippen LogP contribution in [-0.2, 0) is 4.79 Å². The predicted octanol–water partition coefficient (Wildman–Crippen LogP) is 3.38. The highest BCUT2D eigenvalue weighted by molar-refractivity contribution is 9.10. The summed E-state index contributed by atoms with van der Waals surface area (Å²) < 4.78 is 0.920. The third-order valence-corrected chi connectivity index (χ3v) is 3.70. The van der Waals surface area contributed by atoms with Crippen LogP contribution in [0.15, 0.2) is 22.7 Å². The molecular weight excluding hydrogens is 324 g/mol. The second-order valence-electron chi connectivity index (χ2n) is 4.76. The lowest BCUT2D eigenvalue weighted by molar-refractivity contribution is -0.140. The van der Waals surface area contributed by atoms with Crippen LogP contribution < -0.4 is 10.6 Å². The molecule has 0 aliphatic rings. The summed E-state index contributed by atoms with van der Waals surface area (Å²) in [6, 6.07) is 4.04. The zero-order valence-electron chi connectivity index (χ0n) is 11.7. The van der Waals surface area contributed by atoms with Gasteiger partial charge in [-0.2, -0.15) is 0 Å². The number of carbonyl (C=O) groups excluding carboxylic acids is 1. The van der Waals surface area contributed by atoms with Crippen LogP contribution >= 0.6 is 15.9 Å². The lowest BCUT2D eigenvalue weighted by Crippen LogP contribution is -2.46. The van der Waals surface area contributed by atoms with E-state index in [0.717, 1.165) is 10.0 Å². The van der Waals surface area contributed by atoms with E-state index in [4.69, 9.17) is 5.11 Å². The Labute approximate surface area is 126 Å². The Kier molecular flexibility index (Phi) is 6.01. The van der Waals surface area contributed by atoms with Gasteiger partial charge in [-0.05, 0) is 36.6 Å². The number of halogens is 1. The number of urea groups is 1. The molecule has 0 bridgehead atoms. The number of nitrogens with one attached hydrogen (secondary N) is 2. The number of benzene rings is 1. The number of aliphatic carboxylic acids is 1. The van der Waals surface area contributed by atoms with Crippen molar-refractivity contribution >= 4 is 33.6 Å². The SMILES string of the molecule is CCC(C)C(NC(=O)Nc1ccc(Br)cc1C)C(=O)O. The van der Waals surface area contributed by atoms with Gasteiger partial charge in [-0.15, -0.1) is 0 Å². The summed E-state index contributed by atoms with van der Waals surface area (Å²) >= 11 is 3.34. The average Bonchev–Trinajstić information content (AvgIpc) is 2.38. The molecule has 3 N–H and O–H groups in total. The first-order valence-corrected chi connectivity index (χ1v) is 7.21. The van der Waals surface area contributed by atoms with Crippen molar-refractivity contribution in [3.05, 3.63) is 28.2 Å². The summed E-state index contributed by atoms with van der Waals surface area (Å²) in [4.78, 5) is 23.0. The molecule has 0 saturated carbocycles. The van der Waals surface area contributed by atoms with Gasteiger partial charge >= 0.3 is 12.0 Å². The van der Waals surface area contributed by atoms with Crippen LogP contribution in [0.2, 0.25) is 0 Å². The molecule has 20 heavy (non-hydrogen) atoms. The molecule has 2 unspecified atom stereocenters. The number of carbonyl (C=O) groups is 2. The fraction of sp³-hybridized carbons (Fsp3) is 0.429. The standard InChI is InChI=1S/C14H19BrN2O3/c1-4-8(2)12(13(18)19)17-14(20)16-11-6-5-10(15)7-9(11)3/h5-8,12H,4H2,1-3H3,(H,18,19)(H2,16,17,20). The third kappa shape index (κ3) is 4.52. The highest BCUT2D eigenvalue weighted by Crippen LogP contribution is 2.20. The van der Waals surface area contributed by atoms with Gasteiger partial charge in [0.1, 0.15) is 6.04 Å². The van der Waals surface area contributed by atoms with E-state index in [0.29, 0.717) is 12.1 Å². The van der Waals surface area contributed by atoms with Gasteiger partial charge in [-0.3, -0.25) is 0 Å². The molecule has 1 aromatic rings. The molecule has 0 spiro atoms. The fourth-order valence-electron chi connectivity index (χ4n) is 1.75. The summed E-state index contributed by atoms with van der Waals surface area (Å²) in [6.07, 6.45) is 0.675. The van der Waals surface area contributed by atoms with Crippen LogP contribution in [0, 0.1) is 12.8 Å². The molecule has 1 aromatic carbocycles. The molecule has 1 rings (SSSR count). The van der Waals surface area contributed by atoms with Crippen molar-refractivity contribution in [3.8, 4) is 0 Å². The minimum atomic E-state index is -1.03. The van der Waals surface area contributed by atoms with Gasteiger partial charge in [0.05, 0.1) is 0 Å². The van der Waals surface area contributed by atoms with Crippen molar-refractivity contribution in [1.82, 2.24) is 5.32 Å². The second kappa shape index (κ2) is 7.28. The largest absolute Gasteiger partial charge is 0.480 e. The zero-order chi connectivity index (χ0) is 15.3. The minimum absolute atomic E-state index is 0.135. The van der Waals surface area contributed by atoms with Crippen molar-refractivity contribution in [1.29, 1.82) is 0 Å². The molecule has 6 heteroatoms. The van der Waals surface area contributed by atoms with E-state index in [-0.39, 0.29) is 5.92 Å². The van der Waals surface area contributed by atoms with Crippen molar-refractivity contribution in [2.75, 3.05) is 5.32 Å². The molecule has 0 heterocycles. The number of hydrogen-bond donors (Lipinski definition) is 3. The molecule has 0 saturated heterocycles. The van der Waals surface area contributed by atoms with Crippen LogP contribution in [0.1, 0.15) is 25.8 Å². The van der Waals surface area contributed by atoms with E-state index in [1.165, 1.54) is 0 Å². The Bertz CT molecular complexity index is 505. The summed E-state index contributed by atoms with van der Waals surface area (Å²) in [5.41, 5.74) is 1.55. The van der Waals surface area contributed by atoms with Crippen LogP contribution in [0.4, 0.5) is 10.5 Å². The van der Waals surface area contributed by atoms with Gasteiger partial charge in [0, 0.05) is 10.2 Å². The summed E-state index contributed by atoms with van der Waals surface area (Å²) in [7, 11) is 0. The maximum Gasteiger partial charge on any atom is 0.326 e. The van der Waals surface area contributed by atoms with Crippen molar-refractivity contribution in [3.63, 3.8) is 0 Å². The lowest BCUT2D eigenvalue weighted by atomic mass is 9.99. The Morgan fingerprint density at radius 3 is 2.55 bits per heavy atom. The molecule has 2 amide bonds. The summed E-state index contributed by atoms with van der Waals surface area (Å²) in [6.45, 7) is 5.55. The molecule has 5 nitrogen and oxygen atoms in total. The number of carboxylic acids is 1. The Hall–Kier alpha value is -1.56. The smallest absolute Gasteiger partial charge is 0.326 e. The first-order valence-electron chi connectivity index (χ1n) is 6.41. The van der Waals surface area contributed by atoms with E-state index in [1.807, 2.05) is 26.0 Å². The van der Waals surface area contributed by atoms with E-state index in [1.54, 1.807) is 13.0 Å². The van der Waals surface area contributed by atoms with Crippen LogP contribution in [0.3, 0.4) is 0 Å². The lowest BCUT2D eigenvalue weighted by Gasteiger charge is -2.20. The van der Waals surface area contributed by atoms with Crippen LogP contribution in [0.5, 0.6) is 0 Å². The van der Waals surface area contributed by atoms with Crippen LogP contribution in [-0.4, -0.2) is 23.1 Å². The van der Waals surface area contributed by atoms with E-state index in [2.05, 4.69) is 26.6 Å². The van der Waals surface area contributed by atoms with Gasteiger partial charge in [-0.25, -0.2) is 9.59 Å². The minimum Gasteiger partial charge on any atom is -0.480 e.